The molecule has 2 atom stereocenters. The maximum Gasteiger partial charge on any atom is 0.106 e. The first-order chi connectivity index (χ1) is 7.74. The standard InChI is InChI=1S/C12H13BrO2S/c13-6-4-10(14)11(15)9-3-1-2-8-5-7-16-12(8)9/h1-3,5,7,10-11,14-15H,4,6H2. The van der Waals surface area contributed by atoms with Gasteiger partial charge in [-0.25, -0.2) is 0 Å². The summed E-state index contributed by atoms with van der Waals surface area (Å²) < 4.78 is 1.06. The van der Waals surface area contributed by atoms with Gasteiger partial charge in [0.05, 0.1) is 6.10 Å². The van der Waals surface area contributed by atoms with E-state index in [-0.39, 0.29) is 0 Å². The molecule has 0 saturated heterocycles. The highest BCUT2D eigenvalue weighted by atomic mass is 79.9. The monoisotopic (exact) mass is 300 g/mol. The summed E-state index contributed by atoms with van der Waals surface area (Å²) in [5, 5.41) is 23.7. The second-order valence-corrected chi connectivity index (χ2v) is 5.39. The number of aliphatic hydroxyl groups is 2. The van der Waals surface area contributed by atoms with Crippen LogP contribution in [-0.4, -0.2) is 21.6 Å². The second-order valence-electron chi connectivity index (χ2n) is 3.68. The van der Waals surface area contributed by atoms with E-state index in [4.69, 9.17) is 0 Å². The van der Waals surface area contributed by atoms with Gasteiger partial charge in [-0.15, -0.1) is 11.3 Å². The van der Waals surface area contributed by atoms with Crippen LogP contribution in [0.3, 0.4) is 0 Å². The minimum Gasteiger partial charge on any atom is -0.390 e. The number of fused-ring (bicyclic) bond motifs is 1. The fourth-order valence-electron chi connectivity index (χ4n) is 1.73. The molecule has 0 aliphatic carbocycles. The Hall–Kier alpha value is -0.420. The summed E-state index contributed by atoms with van der Waals surface area (Å²) in [6.07, 6.45) is -0.977. The molecule has 0 aliphatic heterocycles. The molecular formula is C12H13BrO2S. The van der Waals surface area contributed by atoms with Crippen molar-refractivity contribution in [2.24, 2.45) is 0 Å². The van der Waals surface area contributed by atoms with Crippen molar-refractivity contribution in [3.63, 3.8) is 0 Å². The van der Waals surface area contributed by atoms with Gasteiger partial charge in [-0.05, 0) is 23.3 Å². The van der Waals surface area contributed by atoms with E-state index in [0.717, 1.165) is 15.6 Å². The quantitative estimate of drug-likeness (QED) is 0.852. The van der Waals surface area contributed by atoms with Crippen molar-refractivity contribution >= 4 is 37.4 Å². The van der Waals surface area contributed by atoms with Crippen LogP contribution in [0.15, 0.2) is 29.6 Å². The van der Waals surface area contributed by atoms with Crippen LogP contribution in [0, 0.1) is 0 Å². The zero-order chi connectivity index (χ0) is 11.5. The summed E-state index contributed by atoms with van der Waals surface area (Å²) in [7, 11) is 0. The van der Waals surface area contributed by atoms with Crippen molar-refractivity contribution in [2.75, 3.05) is 5.33 Å². The van der Waals surface area contributed by atoms with E-state index in [0.29, 0.717) is 11.8 Å². The summed E-state index contributed by atoms with van der Waals surface area (Å²) in [5.74, 6) is 0. The Labute approximate surface area is 107 Å². The molecule has 16 heavy (non-hydrogen) atoms. The fourth-order valence-corrected chi connectivity index (χ4v) is 3.14. The van der Waals surface area contributed by atoms with Crippen molar-refractivity contribution in [3.05, 3.63) is 35.2 Å². The van der Waals surface area contributed by atoms with Gasteiger partial charge in [0.15, 0.2) is 0 Å². The van der Waals surface area contributed by atoms with E-state index in [1.807, 2.05) is 29.6 Å². The smallest absolute Gasteiger partial charge is 0.106 e. The number of aliphatic hydroxyl groups excluding tert-OH is 2. The third-order valence-corrected chi connectivity index (χ3v) is 4.03. The molecule has 2 nitrogen and oxygen atoms in total. The molecule has 1 aromatic carbocycles. The van der Waals surface area contributed by atoms with Crippen LogP contribution < -0.4 is 0 Å². The predicted octanol–water partition coefficient (Wildman–Crippen LogP) is 3.08. The maximum atomic E-state index is 10.1. The van der Waals surface area contributed by atoms with Gasteiger partial charge in [-0.1, -0.05) is 34.1 Å². The summed E-state index contributed by atoms with van der Waals surface area (Å²) in [4.78, 5) is 0. The van der Waals surface area contributed by atoms with Gasteiger partial charge in [0.25, 0.3) is 0 Å². The zero-order valence-corrected chi connectivity index (χ0v) is 11.0. The highest BCUT2D eigenvalue weighted by Crippen LogP contribution is 2.31. The maximum absolute atomic E-state index is 10.1. The van der Waals surface area contributed by atoms with E-state index in [1.54, 1.807) is 11.3 Å². The van der Waals surface area contributed by atoms with Crippen molar-refractivity contribution in [1.29, 1.82) is 0 Å². The molecule has 1 heterocycles. The number of rotatable bonds is 4. The summed E-state index contributed by atoms with van der Waals surface area (Å²) >= 11 is 4.86. The SMILES string of the molecule is OC(CCBr)C(O)c1cccc2ccsc12. The van der Waals surface area contributed by atoms with Gasteiger partial charge in [-0.3, -0.25) is 0 Å². The third-order valence-electron chi connectivity index (χ3n) is 2.60. The Balaban J connectivity index is 2.35. The number of benzene rings is 1. The first-order valence-corrected chi connectivity index (χ1v) is 7.12. The van der Waals surface area contributed by atoms with Crippen LogP contribution in [0.2, 0.25) is 0 Å². The minimum atomic E-state index is -0.806. The summed E-state index contributed by atoms with van der Waals surface area (Å²) in [5.41, 5.74) is 0.820. The molecule has 0 spiro atoms. The Morgan fingerprint density at radius 1 is 1.25 bits per heavy atom. The highest BCUT2D eigenvalue weighted by Gasteiger charge is 2.19. The molecule has 4 heteroatoms. The molecule has 2 rings (SSSR count). The molecule has 0 fully saturated rings. The molecule has 86 valence electrons. The molecule has 2 N–H and O–H groups in total. The van der Waals surface area contributed by atoms with Gasteiger partial charge < -0.3 is 10.2 Å². The summed E-state index contributed by atoms with van der Waals surface area (Å²) in [6.45, 7) is 0. The molecule has 2 aromatic rings. The number of hydrogen-bond acceptors (Lipinski definition) is 3. The molecule has 1 aromatic heterocycles. The van der Waals surface area contributed by atoms with E-state index in [2.05, 4.69) is 15.9 Å². The van der Waals surface area contributed by atoms with Gasteiger partial charge in [-0.2, -0.15) is 0 Å². The largest absolute Gasteiger partial charge is 0.390 e. The lowest BCUT2D eigenvalue weighted by Gasteiger charge is -2.17. The molecule has 0 saturated carbocycles. The van der Waals surface area contributed by atoms with Crippen LogP contribution in [0.1, 0.15) is 18.1 Å². The van der Waals surface area contributed by atoms with Crippen molar-refractivity contribution in [3.8, 4) is 0 Å². The predicted molar refractivity (Wildman–Crippen MR) is 71.2 cm³/mol. The first-order valence-electron chi connectivity index (χ1n) is 5.12. The number of alkyl halides is 1. The Morgan fingerprint density at radius 2 is 2.06 bits per heavy atom. The Kier molecular flexibility index (Phi) is 3.97. The van der Waals surface area contributed by atoms with Gasteiger partial charge in [0, 0.05) is 15.6 Å². The van der Waals surface area contributed by atoms with Crippen molar-refractivity contribution in [1.82, 2.24) is 0 Å². The van der Waals surface area contributed by atoms with Gasteiger partial charge in [0.2, 0.25) is 0 Å². The average molecular weight is 301 g/mol. The second kappa shape index (κ2) is 5.27. The molecule has 2 unspecified atom stereocenters. The molecule has 0 aliphatic rings. The molecule has 0 bridgehead atoms. The summed E-state index contributed by atoms with van der Waals surface area (Å²) in [6, 6.07) is 7.82. The minimum absolute atomic E-state index is 0.545. The zero-order valence-electron chi connectivity index (χ0n) is 8.64. The Morgan fingerprint density at radius 3 is 2.81 bits per heavy atom. The molecule has 0 amide bonds. The Bertz CT molecular complexity index is 469. The first kappa shape index (κ1) is 12.0. The fraction of sp³-hybridized carbons (Fsp3) is 0.333. The lowest BCUT2D eigenvalue weighted by molar-refractivity contribution is 0.0183. The lowest BCUT2D eigenvalue weighted by atomic mass is 10.0. The molecule has 0 radical (unpaired) electrons. The van der Waals surface area contributed by atoms with Crippen molar-refractivity contribution < 1.29 is 10.2 Å². The lowest BCUT2D eigenvalue weighted by Crippen LogP contribution is -2.18. The number of halogens is 1. The average Bonchev–Trinajstić information content (AvgIpc) is 2.76. The van der Waals surface area contributed by atoms with Gasteiger partial charge in [0.1, 0.15) is 6.10 Å². The van der Waals surface area contributed by atoms with E-state index in [9.17, 15) is 10.2 Å². The number of thiophene rings is 1. The van der Waals surface area contributed by atoms with Crippen LogP contribution in [0.4, 0.5) is 0 Å². The van der Waals surface area contributed by atoms with E-state index >= 15 is 0 Å². The topological polar surface area (TPSA) is 40.5 Å². The van der Waals surface area contributed by atoms with Crippen LogP contribution in [-0.2, 0) is 0 Å². The van der Waals surface area contributed by atoms with Crippen molar-refractivity contribution in [2.45, 2.75) is 18.6 Å². The van der Waals surface area contributed by atoms with Crippen LogP contribution in [0.25, 0.3) is 10.1 Å². The van der Waals surface area contributed by atoms with E-state index in [1.165, 1.54) is 0 Å². The van der Waals surface area contributed by atoms with E-state index < -0.39 is 12.2 Å². The van der Waals surface area contributed by atoms with Crippen LogP contribution in [0.5, 0.6) is 0 Å². The molecular weight excluding hydrogens is 288 g/mol. The highest BCUT2D eigenvalue weighted by molar-refractivity contribution is 9.09. The normalized spacial score (nSPS) is 15.2. The number of hydrogen-bond donors (Lipinski definition) is 2. The third kappa shape index (κ3) is 2.30. The van der Waals surface area contributed by atoms with Gasteiger partial charge >= 0.3 is 0 Å². The van der Waals surface area contributed by atoms with Crippen LogP contribution >= 0.6 is 27.3 Å².